The van der Waals surface area contributed by atoms with Crippen molar-refractivity contribution in [2.75, 3.05) is 0 Å². The van der Waals surface area contributed by atoms with Crippen molar-refractivity contribution in [3.63, 3.8) is 0 Å². The molecule has 0 aliphatic carbocycles. The maximum atomic E-state index is 10.7. The van der Waals surface area contributed by atoms with Crippen molar-refractivity contribution in [3.05, 3.63) is 0 Å². The van der Waals surface area contributed by atoms with Crippen LogP contribution in [-0.4, -0.2) is 17.7 Å². The van der Waals surface area contributed by atoms with E-state index in [0.717, 1.165) is 0 Å². The summed E-state index contributed by atoms with van der Waals surface area (Å²) in [4.78, 5) is 21.2. The van der Waals surface area contributed by atoms with E-state index in [1.165, 1.54) is 0 Å². The van der Waals surface area contributed by atoms with Gasteiger partial charge in [-0.1, -0.05) is 6.92 Å². The molecule has 1 amide bonds. The summed E-state index contributed by atoms with van der Waals surface area (Å²) in [6, 6.07) is -0.197. The van der Waals surface area contributed by atoms with E-state index < -0.39 is 0 Å². The molecule has 0 bridgehead atoms. The predicted molar refractivity (Wildman–Crippen MR) is 31.8 cm³/mol. The Kier molecular flexibility index (Phi) is 1.51. The van der Waals surface area contributed by atoms with Crippen molar-refractivity contribution in [3.8, 4) is 0 Å². The normalized spacial score (nSPS) is 26.6. The maximum Gasteiger partial charge on any atom is 0.228 e. The molecule has 0 aromatic rings. The molecule has 50 valence electrons. The second-order valence-electron chi connectivity index (χ2n) is 2.17. The summed E-state index contributed by atoms with van der Waals surface area (Å²) in [7, 11) is 0. The largest absolute Gasteiger partial charge is 0.346 e. The molecule has 1 aliphatic rings. The van der Waals surface area contributed by atoms with Gasteiger partial charge >= 0.3 is 0 Å². The summed E-state index contributed by atoms with van der Waals surface area (Å²) in [6.07, 6.45) is 0.795. The van der Waals surface area contributed by atoms with Crippen molar-refractivity contribution in [2.24, 2.45) is 0 Å². The first-order valence-corrected chi connectivity index (χ1v) is 3.06. The first kappa shape index (κ1) is 6.26. The third-order valence-electron chi connectivity index (χ3n) is 1.47. The maximum absolute atomic E-state index is 10.7. The summed E-state index contributed by atoms with van der Waals surface area (Å²) in [5.74, 6) is -0.102. The molecule has 1 heterocycles. The van der Waals surface area contributed by atoms with Gasteiger partial charge in [0, 0.05) is 0 Å². The molecule has 3 heteroatoms. The summed E-state index contributed by atoms with van der Waals surface area (Å²) in [6.45, 7) is 1.88. The molecule has 1 N–H and O–H groups in total. The lowest BCUT2D eigenvalue weighted by Crippen LogP contribution is -2.27. The summed E-state index contributed by atoms with van der Waals surface area (Å²) in [5.41, 5.74) is 0. The molecule has 0 unspecified atom stereocenters. The van der Waals surface area contributed by atoms with Crippen LogP contribution in [-0.2, 0) is 9.59 Å². The third kappa shape index (κ3) is 1.09. The fraction of sp³-hybridized carbons (Fsp3) is 0.667. The third-order valence-corrected chi connectivity index (χ3v) is 1.47. The Labute approximate surface area is 53.4 Å². The second-order valence-corrected chi connectivity index (χ2v) is 2.17. The average molecular weight is 127 g/mol. The van der Waals surface area contributed by atoms with Gasteiger partial charge in [-0.2, -0.15) is 0 Å². The van der Waals surface area contributed by atoms with Gasteiger partial charge in [0.25, 0.3) is 0 Å². The van der Waals surface area contributed by atoms with Gasteiger partial charge in [0.15, 0.2) is 5.78 Å². The molecule has 0 saturated carbocycles. The quantitative estimate of drug-likeness (QED) is 0.498. The summed E-state index contributed by atoms with van der Waals surface area (Å²) in [5, 5.41) is 2.56. The minimum Gasteiger partial charge on any atom is -0.346 e. The highest BCUT2D eigenvalue weighted by molar-refractivity contribution is 6.07. The summed E-state index contributed by atoms with van der Waals surface area (Å²) >= 11 is 0. The van der Waals surface area contributed by atoms with E-state index in [1.54, 1.807) is 0 Å². The van der Waals surface area contributed by atoms with E-state index >= 15 is 0 Å². The van der Waals surface area contributed by atoms with Crippen LogP contribution in [0, 0.1) is 0 Å². The van der Waals surface area contributed by atoms with Crippen LogP contribution >= 0.6 is 0 Å². The number of carbonyl (C=O) groups is 2. The molecular weight excluding hydrogens is 118 g/mol. The van der Waals surface area contributed by atoms with Gasteiger partial charge < -0.3 is 5.32 Å². The number of rotatable bonds is 1. The minimum absolute atomic E-state index is 0.0301. The lowest BCUT2D eigenvalue weighted by atomic mass is 10.2. The van der Waals surface area contributed by atoms with Crippen LogP contribution in [0.5, 0.6) is 0 Å². The molecule has 0 aromatic heterocycles. The lowest BCUT2D eigenvalue weighted by molar-refractivity contribution is -0.122. The Morgan fingerprint density at radius 3 is 2.56 bits per heavy atom. The Morgan fingerprint density at radius 1 is 1.67 bits per heavy atom. The number of hydrogen-bond acceptors (Lipinski definition) is 2. The van der Waals surface area contributed by atoms with Gasteiger partial charge in [0.1, 0.15) is 0 Å². The molecule has 0 aromatic carbocycles. The van der Waals surface area contributed by atoms with Crippen LogP contribution in [0.4, 0.5) is 0 Å². The fourth-order valence-corrected chi connectivity index (χ4v) is 0.937. The van der Waals surface area contributed by atoms with E-state index in [9.17, 15) is 9.59 Å². The zero-order chi connectivity index (χ0) is 6.85. The Hall–Kier alpha value is -0.860. The molecular formula is C6H9NO2. The van der Waals surface area contributed by atoms with Crippen LogP contribution in [0.25, 0.3) is 0 Å². The van der Waals surface area contributed by atoms with Crippen LogP contribution in [0.2, 0.25) is 0 Å². The highest BCUT2D eigenvalue weighted by atomic mass is 16.2. The molecule has 1 saturated heterocycles. The van der Waals surface area contributed by atoms with Crippen LogP contribution in [0.3, 0.4) is 0 Å². The van der Waals surface area contributed by atoms with Gasteiger partial charge in [0.2, 0.25) is 5.91 Å². The van der Waals surface area contributed by atoms with Crippen molar-refractivity contribution >= 4 is 11.7 Å². The van der Waals surface area contributed by atoms with E-state index in [2.05, 4.69) is 5.32 Å². The smallest absolute Gasteiger partial charge is 0.228 e. The monoisotopic (exact) mass is 127 g/mol. The van der Waals surface area contributed by atoms with Crippen LogP contribution in [0.1, 0.15) is 19.8 Å². The number of carbonyl (C=O) groups excluding carboxylic acids is 2. The number of ketones is 1. The van der Waals surface area contributed by atoms with Gasteiger partial charge in [-0.15, -0.1) is 0 Å². The number of hydrogen-bond donors (Lipinski definition) is 1. The first-order chi connectivity index (χ1) is 4.24. The van der Waals surface area contributed by atoms with E-state index in [-0.39, 0.29) is 24.2 Å². The first-order valence-electron chi connectivity index (χ1n) is 3.06. The highest BCUT2D eigenvalue weighted by Gasteiger charge is 2.27. The minimum atomic E-state index is -0.197. The second kappa shape index (κ2) is 2.17. The zero-order valence-electron chi connectivity index (χ0n) is 5.31. The molecule has 9 heavy (non-hydrogen) atoms. The van der Waals surface area contributed by atoms with Gasteiger partial charge in [-0.05, 0) is 6.42 Å². The topological polar surface area (TPSA) is 46.2 Å². The van der Waals surface area contributed by atoms with Crippen molar-refractivity contribution in [1.82, 2.24) is 5.32 Å². The summed E-state index contributed by atoms with van der Waals surface area (Å²) < 4.78 is 0. The SMILES string of the molecule is CC[C@@H]1NC(=O)CC1=O. The van der Waals surface area contributed by atoms with Crippen molar-refractivity contribution in [2.45, 2.75) is 25.8 Å². The van der Waals surface area contributed by atoms with E-state index in [0.29, 0.717) is 6.42 Å². The highest BCUT2D eigenvalue weighted by Crippen LogP contribution is 2.04. The molecule has 3 nitrogen and oxygen atoms in total. The van der Waals surface area contributed by atoms with Crippen molar-refractivity contribution < 1.29 is 9.59 Å². The zero-order valence-corrected chi connectivity index (χ0v) is 5.31. The molecule has 1 fully saturated rings. The molecule has 0 spiro atoms. The number of amides is 1. The lowest BCUT2D eigenvalue weighted by Gasteiger charge is -2.01. The fourth-order valence-electron chi connectivity index (χ4n) is 0.937. The average Bonchev–Trinajstić information content (AvgIpc) is 2.10. The van der Waals surface area contributed by atoms with Crippen LogP contribution in [0.15, 0.2) is 0 Å². The molecule has 1 rings (SSSR count). The van der Waals surface area contributed by atoms with Gasteiger partial charge in [-0.3, -0.25) is 9.59 Å². The van der Waals surface area contributed by atoms with Gasteiger partial charge in [-0.25, -0.2) is 0 Å². The number of Topliss-reactive ketones (excluding diaryl/α,β-unsaturated/α-hetero) is 1. The number of nitrogens with one attached hydrogen (secondary N) is 1. The standard InChI is InChI=1S/C6H9NO2/c1-2-4-5(8)3-6(9)7-4/h4H,2-3H2,1H3,(H,7,9)/t4-/m0/s1. The predicted octanol–water partition coefficient (Wildman–Crippen LogP) is -0.146. The molecule has 1 aliphatic heterocycles. The Morgan fingerprint density at radius 2 is 2.33 bits per heavy atom. The molecule has 0 radical (unpaired) electrons. The van der Waals surface area contributed by atoms with E-state index in [4.69, 9.17) is 0 Å². The van der Waals surface area contributed by atoms with Crippen molar-refractivity contribution in [1.29, 1.82) is 0 Å². The van der Waals surface area contributed by atoms with E-state index in [1.807, 2.05) is 6.92 Å². The molecule has 1 atom stereocenters. The Balaban J connectivity index is 2.58. The van der Waals surface area contributed by atoms with Gasteiger partial charge in [0.05, 0.1) is 12.5 Å². The Bertz CT molecular complexity index is 153. The van der Waals surface area contributed by atoms with Crippen LogP contribution < -0.4 is 5.32 Å².